The van der Waals surface area contributed by atoms with Crippen molar-refractivity contribution in [1.82, 2.24) is 40.0 Å². The van der Waals surface area contributed by atoms with Gasteiger partial charge < -0.3 is 15.5 Å². The Morgan fingerprint density at radius 1 is 1.14 bits per heavy atom. The molecule has 2 aliphatic rings. The quantitative estimate of drug-likeness (QED) is 0.168. The fraction of sp³-hybridized carbons (Fsp3) is 0.387. The van der Waals surface area contributed by atoms with E-state index in [1.54, 1.807) is 23.1 Å². The lowest BCUT2D eigenvalue weighted by Gasteiger charge is -2.37. The van der Waals surface area contributed by atoms with Crippen molar-refractivity contribution in [1.29, 1.82) is 0 Å². The van der Waals surface area contributed by atoms with Crippen molar-refractivity contribution in [2.45, 2.75) is 63.5 Å². The summed E-state index contributed by atoms with van der Waals surface area (Å²) in [6, 6.07) is 8.53. The number of aliphatic hydroxyl groups is 1. The average Bonchev–Trinajstić information content (AvgIpc) is 3.45. The molecule has 2 aromatic carbocycles. The summed E-state index contributed by atoms with van der Waals surface area (Å²) >= 11 is 6.32. The van der Waals surface area contributed by atoms with E-state index in [9.17, 15) is 41.8 Å². The molecule has 1 aliphatic carbocycles. The third kappa shape index (κ3) is 6.28. The molecular formula is C31H29ClF5N9O4. The van der Waals surface area contributed by atoms with Gasteiger partial charge in [0.05, 0.1) is 35.3 Å². The zero-order valence-electron chi connectivity index (χ0n) is 26.3. The summed E-state index contributed by atoms with van der Waals surface area (Å²) in [4.78, 5) is 36.3. The van der Waals surface area contributed by atoms with Gasteiger partial charge in [-0.1, -0.05) is 55.8 Å². The number of halogens is 6. The highest BCUT2D eigenvalue weighted by molar-refractivity contribution is 6.33. The van der Waals surface area contributed by atoms with Gasteiger partial charge in [0.15, 0.2) is 5.82 Å². The first kappa shape index (κ1) is 34.9. The van der Waals surface area contributed by atoms with E-state index in [-0.39, 0.29) is 33.6 Å². The molecule has 2 atom stereocenters. The number of hydrogen-bond acceptors (Lipinski definition) is 7. The van der Waals surface area contributed by atoms with Crippen LogP contribution in [0.15, 0.2) is 60.0 Å². The second kappa shape index (κ2) is 12.7. The predicted octanol–water partition coefficient (Wildman–Crippen LogP) is 5.96. The Kier molecular flexibility index (Phi) is 8.88. The molecule has 264 valence electrons. The molecule has 0 spiro atoms. The minimum atomic E-state index is -4.82. The summed E-state index contributed by atoms with van der Waals surface area (Å²) < 4.78 is 70.9. The fourth-order valence-corrected chi connectivity index (χ4v) is 6.11. The van der Waals surface area contributed by atoms with Crippen LogP contribution in [0.4, 0.5) is 26.7 Å². The van der Waals surface area contributed by atoms with Gasteiger partial charge in [-0.15, -0.1) is 4.99 Å². The number of nitrogens with one attached hydrogen (secondary N) is 1. The topological polar surface area (TPSA) is 164 Å². The summed E-state index contributed by atoms with van der Waals surface area (Å²) in [6.07, 6.45) is -3.22. The fourth-order valence-electron chi connectivity index (χ4n) is 5.91. The summed E-state index contributed by atoms with van der Waals surface area (Å²) in [6.45, 7) is -2.20. The average molecular weight is 722 g/mol. The number of alkyl halides is 5. The van der Waals surface area contributed by atoms with E-state index in [1.807, 2.05) is 0 Å². The van der Waals surface area contributed by atoms with Gasteiger partial charge in [-0.25, -0.2) is 9.78 Å². The van der Waals surface area contributed by atoms with Crippen LogP contribution in [0.2, 0.25) is 5.02 Å². The zero-order chi connectivity index (χ0) is 36.2. The minimum Gasteiger partial charge on any atom is -0.463 e. The van der Waals surface area contributed by atoms with E-state index in [4.69, 9.17) is 11.6 Å². The number of carbonyl (C=O) groups excluding carboxylic acids is 1. The SMILES string of the molecule is CC(C)(CC1(c2ccc(-c3cnn(C4CC4)n3)cc2)NC(=NC(=O)O)N([C@H](CO)c2ccc(Cl)c(-c3ncnn3C(F)F)c2)C1=O)C(F)(F)F. The number of hydrogen-bond donors (Lipinski definition) is 3. The second-order valence-corrected chi connectivity index (χ2v) is 13.0. The molecule has 2 amide bonds. The van der Waals surface area contributed by atoms with Crippen molar-refractivity contribution in [2.24, 2.45) is 10.4 Å². The summed E-state index contributed by atoms with van der Waals surface area (Å²) in [5.74, 6) is -2.08. The number of carboxylic acid groups (broad SMARTS) is 1. The van der Waals surface area contributed by atoms with Crippen molar-refractivity contribution in [3.05, 3.63) is 71.1 Å². The molecule has 1 unspecified atom stereocenters. The van der Waals surface area contributed by atoms with Crippen LogP contribution in [-0.4, -0.2) is 75.6 Å². The van der Waals surface area contributed by atoms with Crippen LogP contribution in [0, 0.1) is 5.41 Å². The lowest BCUT2D eigenvalue weighted by molar-refractivity contribution is -0.218. The third-order valence-corrected chi connectivity index (χ3v) is 9.06. The highest BCUT2D eigenvalue weighted by Gasteiger charge is 2.60. The van der Waals surface area contributed by atoms with Gasteiger partial charge in [0.2, 0.25) is 5.96 Å². The number of guanidine groups is 1. The molecule has 0 bridgehead atoms. The van der Waals surface area contributed by atoms with E-state index in [0.717, 1.165) is 37.9 Å². The van der Waals surface area contributed by atoms with Crippen molar-refractivity contribution >= 4 is 29.6 Å². The van der Waals surface area contributed by atoms with Gasteiger partial charge in [-0.3, -0.25) is 9.69 Å². The lowest BCUT2D eigenvalue weighted by atomic mass is 9.74. The van der Waals surface area contributed by atoms with Crippen LogP contribution in [0.25, 0.3) is 22.6 Å². The van der Waals surface area contributed by atoms with Gasteiger partial charge in [0.25, 0.3) is 5.91 Å². The maximum atomic E-state index is 14.7. The molecule has 3 N–H and O–H groups in total. The van der Waals surface area contributed by atoms with E-state index in [0.29, 0.717) is 15.9 Å². The van der Waals surface area contributed by atoms with Gasteiger partial charge in [-0.2, -0.15) is 46.7 Å². The Morgan fingerprint density at radius 3 is 2.44 bits per heavy atom. The highest BCUT2D eigenvalue weighted by Crippen LogP contribution is 2.49. The van der Waals surface area contributed by atoms with E-state index in [1.165, 1.54) is 30.3 Å². The van der Waals surface area contributed by atoms with E-state index >= 15 is 0 Å². The molecule has 6 rings (SSSR count). The van der Waals surface area contributed by atoms with Gasteiger partial charge >= 0.3 is 18.8 Å². The molecule has 19 heteroatoms. The number of nitrogens with zero attached hydrogens (tertiary/aromatic N) is 8. The zero-order valence-corrected chi connectivity index (χ0v) is 27.1. The molecule has 2 aromatic heterocycles. The number of carbonyl (C=O) groups is 2. The van der Waals surface area contributed by atoms with E-state index in [2.05, 4.69) is 30.6 Å². The highest BCUT2D eigenvalue weighted by atomic mass is 35.5. The van der Waals surface area contributed by atoms with Crippen molar-refractivity contribution in [3.63, 3.8) is 0 Å². The summed E-state index contributed by atoms with van der Waals surface area (Å²) in [5.41, 5.74) is -3.71. The number of benzene rings is 2. The normalized spacial score (nSPS) is 19.8. The molecule has 2 fully saturated rings. The van der Waals surface area contributed by atoms with E-state index < -0.39 is 60.7 Å². The molecule has 1 aliphatic heterocycles. The molecule has 50 heavy (non-hydrogen) atoms. The second-order valence-electron chi connectivity index (χ2n) is 12.6. The molecule has 4 aromatic rings. The Labute approximate surface area is 285 Å². The monoisotopic (exact) mass is 721 g/mol. The number of amides is 2. The predicted molar refractivity (Wildman–Crippen MR) is 167 cm³/mol. The van der Waals surface area contributed by atoms with Gasteiger partial charge in [-0.05, 0) is 42.5 Å². The third-order valence-electron chi connectivity index (χ3n) is 8.73. The first-order valence-corrected chi connectivity index (χ1v) is 15.6. The number of rotatable bonds is 10. The Bertz CT molecular complexity index is 1960. The minimum absolute atomic E-state index is 0.0391. The van der Waals surface area contributed by atoms with Gasteiger partial charge in [0.1, 0.15) is 17.6 Å². The van der Waals surface area contributed by atoms with Gasteiger partial charge in [0, 0.05) is 11.1 Å². The van der Waals surface area contributed by atoms with Crippen LogP contribution in [0.5, 0.6) is 0 Å². The molecule has 0 radical (unpaired) electrons. The van der Waals surface area contributed by atoms with Crippen LogP contribution < -0.4 is 5.32 Å². The van der Waals surface area contributed by atoms with Crippen LogP contribution in [-0.2, 0) is 10.3 Å². The Balaban J connectivity index is 1.46. The molecular weight excluding hydrogens is 693 g/mol. The summed E-state index contributed by atoms with van der Waals surface area (Å²) in [5, 5.41) is 35.2. The Hall–Kier alpha value is -4.97. The first-order chi connectivity index (χ1) is 23.6. The number of aliphatic hydroxyl groups excluding tert-OH is 1. The standard InChI is InChI=1S/C31H29ClF5N9O4/c1-29(2,31(35,36)37)14-30(18-6-3-16(4-7-18)22-12-39-46(43-22)19-8-9-19)25(48)44(27(42-30)41-28(49)50)23(13-47)17-5-10-21(32)20(11-17)24-38-15-40-45(24)26(33)34/h3-7,10-12,15,19,23,26,47H,8-9,13-14H2,1-2H3,(H,41,42)(H,49,50)/t23-,30?/m1/s1. The maximum absolute atomic E-state index is 14.7. The molecule has 13 nitrogen and oxygen atoms in total. The van der Waals surface area contributed by atoms with Crippen molar-refractivity contribution in [3.8, 4) is 22.6 Å². The number of aromatic nitrogens is 6. The number of aliphatic imine (C=N–C) groups is 1. The van der Waals surface area contributed by atoms with Crippen LogP contribution in [0.3, 0.4) is 0 Å². The molecule has 1 saturated heterocycles. The molecule has 3 heterocycles. The lowest BCUT2D eigenvalue weighted by Crippen LogP contribution is -2.50. The van der Waals surface area contributed by atoms with Crippen LogP contribution >= 0.6 is 11.6 Å². The van der Waals surface area contributed by atoms with Crippen molar-refractivity contribution < 1.29 is 41.8 Å². The maximum Gasteiger partial charge on any atom is 0.434 e. The van der Waals surface area contributed by atoms with Crippen LogP contribution in [0.1, 0.15) is 62.9 Å². The Morgan fingerprint density at radius 2 is 1.84 bits per heavy atom. The smallest absolute Gasteiger partial charge is 0.434 e. The largest absolute Gasteiger partial charge is 0.463 e. The molecule has 1 saturated carbocycles. The summed E-state index contributed by atoms with van der Waals surface area (Å²) in [7, 11) is 0. The van der Waals surface area contributed by atoms with Crippen molar-refractivity contribution in [2.75, 3.05) is 6.61 Å². The first-order valence-electron chi connectivity index (χ1n) is 15.2.